The SMILES string of the molecule is CCc1noc(C)c1NC(=O)N1CC(Oc2ccc(C#N)cc2)C1. The van der Waals surface area contributed by atoms with E-state index in [1.165, 1.54) is 0 Å². The molecule has 1 aromatic heterocycles. The number of nitrogens with zero attached hydrogens (tertiary/aromatic N) is 3. The van der Waals surface area contributed by atoms with E-state index in [0.29, 0.717) is 42.3 Å². The van der Waals surface area contributed by atoms with Gasteiger partial charge in [0, 0.05) is 0 Å². The van der Waals surface area contributed by atoms with Crippen molar-refractivity contribution in [3.63, 3.8) is 0 Å². The van der Waals surface area contributed by atoms with Gasteiger partial charge in [-0.1, -0.05) is 12.1 Å². The molecule has 1 N–H and O–H groups in total. The topological polar surface area (TPSA) is 91.4 Å². The van der Waals surface area contributed by atoms with Crippen LogP contribution in [-0.4, -0.2) is 35.3 Å². The Balaban J connectivity index is 1.51. The van der Waals surface area contributed by atoms with Crippen LogP contribution in [0, 0.1) is 18.3 Å². The Morgan fingerprint density at radius 1 is 1.46 bits per heavy atom. The lowest BCUT2D eigenvalue weighted by molar-refractivity contribution is 0.0493. The van der Waals surface area contributed by atoms with Crippen LogP contribution in [0.3, 0.4) is 0 Å². The lowest BCUT2D eigenvalue weighted by Crippen LogP contribution is -2.57. The summed E-state index contributed by atoms with van der Waals surface area (Å²) in [5.41, 5.74) is 1.98. The van der Waals surface area contributed by atoms with Crippen LogP contribution in [0.4, 0.5) is 10.5 Å². The fourth-order valence-electron chi connectivity index (χ4n) is 2.48. The minimum Gasteiger partial charge on any atom is -0.487 e. The molecule has 2 aromatic rings. The van der Waals surface area contributed by atoms with Crippen molar-refractivity contribution in [1.29, 1.82) is 5.26 Å². The summed E-state index contributed by atoms with van der Waals surface area (Å²) in [6, 6.07) is 8.81. The first-order valence-electron chi connectivity index (χ1n) is 7.78. The number of nitriles is 1. The molecule has 1 aliphatic heterocycles. The van der Waals surface area contributed by atoms with Gasteiger partial charge in [0.05, 0.1) is 24.7 Å². The molecule has 2 heterocycles. The summed E-state index contributed by atoms with van der Waals surface area (Å²) in [6.07, 6.45) is 0.648. The number of anilines is 1. The molecule has 2 amide bonds. The summed E-state index contributed by atoms with van der Waals surface area (Å²) >= 11 is 0. The third-order valence-corrected chi connectivity index (χ3v) is 3.92. The van der Waals surface area contributed by atoms with E-state index in [-0.39, 0.29) is 12.1 Å². The van der Waals surface area contributed by atoms with Crippen molar-refractivity contribution in [3.8, 4) is 11.8 Å². The number of aromatic nitrogens is 1. The van der Waals surface area contributed by atoms with E-state index in [0.717, 1.165) is 5.69 Å². The van der Waals surface area contributed by atoms with E-state index in [2.05, 4.69) is 16.5 Å². The van der Waals surface area contributed by atoms with Crippen molar-refractivity contribution in [3.05, 3.63) is 41.3 Å². The second-order valence-electron chi connectivity index (χ2n) is 5.63. The Bertz CT molecular complexity index is 770. The smallest absolute Gasteiger partial charge is 0.322 e. The van der Waals surface area contributed by atoms with Crippen LogP contribution in [0.15, 0.2) is 28.8 Å². The summed E-state index contributed by atoms with van der Waals surface area (Å²) in [7, 11) is 0. The summed E-state index contributed by atoms with van der Waals surface area (Å²) in [6.45, 7) is 4.75. The monoisotopic (exact) mass is 326 g/mol. The first-order valence-corrected chi connectivity index (χ1v) is 7.78. The predicted molar refractivity (Wildman–Crippen MR) is 86.8 cm³/mol. The van der Waals surface area contributed by atoms with Crippen molar-refractivity contribution in [2.75, 3.05) is 18.4 Å². The molecule has 0 atom stereocenters. The highest BCUT2D eigenvalue weighted by Crippen LogP contribution is 2.23. The number of carbonyl (C=O) groups is 1. The van der Waals surface area contributed by atoms with Crippen molar-refractivity contribution in [2.45, 2.75) is 26.4 Å². The van der Waals surface area contributed by atoms with Gasteiger partial charge in [0.2, 0.25) is 0 Å². The third kappa shape index (κ3) is 3.18. The average molecular weight is 326 g/mol. The number of amides is 2. The molecule has 124 valence electrons. The number of urea groups is 1. The Labute approximate surface area is 139 Å². The molecule has 24 heavy (non-hydrogen) atoms. The van der Waals surface area contributed by atoms with Crippen LogP contribution in [0.5, 0.6) is 5.75 Å². The Morgan fingerprint density at radius 2 is 2.17 bits per heavy atom. The van der Waals surface area contributed by atoms with Crippen LogP contribution in [0.2, 0.25) is 0 Å². The van der Waals surface area contributed by atoms with E-state index in [1.54, 1.807) is 36.1 Å². The van der Waals surface area contributed by atoms with E-state index >= 15 is 0 Å². The van der Waals surface area contributed by atoms with Gasteiger partial charge in [0.25, 0.3) is 0 Å². The van der Waals surface area contributed by atoms with Crippen LogP contribution >= 0.6 is 0 Å². The minimum atomic E-state index is -0.185. The zero-order valence-electron chi connectivity index (χ0n) is 13.6. The van der Waals surface area contributed by atoms with Gasteiger partial charge in [0.15, 0.2) is 5.76 Å². The van der Waals surface area contributed by atoms with Gasteiger partial charge < -0.3 is 19.5 Å². The highest BCUT2D eigenvalue weighted by molar-refractivity contribution is 5.91. The molecule has 0 spiro atoms. The Hall–Kier alpha value is -3.01. The van der Waals surface area contributed by atoms with Gasteiger partial charge in [-0.05, 0) is 37.6 Å². The highest BCUT2D eigenvalue weighted by atomic mass is 16.5. The van der Waals surface area contributed by atoms with E-state index in [9.17, 15) is 4.79 Å². The molecule has 0 saturated carbocycles. The maximum atomic E-state index is 12.2. The number of nitrogens with one attached hydrogen (secondary N) is 1. The second-order valence-corrected chi connectivity index (χ2v) is 5.63. The molecule has 1 aliphatic rings. The Kier molecular flexibility index (Phi) is 4.38. The summed E-state index contributed by atoms with van der Waals surface area (Å²) in [4.78, 5) is 13.9. The molecule has 0 unspecified atom stereocenters. The number of hydrogen-bond acceptors (Lipinski definition) is 5. The second kappa shape index (κ2) is 6.62. The lowest BCUT2D eigenvalue weighted by Gasteiger charge is -2.38. The molecular formula is C17H18N4O3. The zero-order chi connectivity index (χ0) is 17.1. The van der Waals surface area contributed by atoms with Gasteiger partial charge in [-0.15, -0.1) is 0 Å². The Morgan fingerprint density at radius 3 is 2.79 bits per heavy atom. The van der Waals surface area contributed by atoms with Gasteiger partial charge in [-0.3, -0.25) is 0 Å². The fourth-order valence-corrected chi connectivity index (χ4v) is 2.48. The van der Waals surface area contributed by atoms with Gasteiger partial charge >= 0.3 is 6.03 Å². The van der Waals surface area contributed by atoms with Crippen LogP contribution < -0.4 is 10.1 Å². The number of likely N-dealkylation sites (tertiary alicyclic amines) is 1. The van der Waals surface area contributed by atoms with Crippen LogP contribution in [0.1, 0.15) is 23.9 Å². The molecular weight excluding hydrogens is 308 g/mol. The molecule has 0 bridgehead atoms. The van der Waals surface area contributed by atoms with Crippen LogP contribution in [0.25, 0.3) is 0 Å². The molecule has 1 saturated heterocycles. The highest BCUT2D eigenvalue weighted by Gasteiger charge is 2.33. The molecule has 1 fully saturated rings. The summed E-state index contributed by atoms with van der Waals surface area (Å²) in [5, 5.41) is 15.5. The van der Waals surface area contributed by atoms with Gasteiger partial charge in [0.1, 0.15) is 23.2 Å². The normalized spacial score (nSPS) is 14.0. The fraction of sp³-hybridized carbons (Fsp3) is 0.353. The maximum absolute atomic E-state index is 12.2. The first kappa shape index (κ1) is 15.9. The number of hydrogen-bond donors (Lipinski definition) is 1. The molecule has 7 heteroatoms. The van der Waals surface area contributed by atoms with E-state index in [4.69, 9.17) is 14.5 Å². The largest absolute Gasteiger partial charge is 0.487 e. The predicted octanol–water partition coefficient (Wildman–Crippen LogP) is 2.71. The van der Waals surface area contributed by atoms with Crippen molar-refractivity contribution >= 4 is 11.7 Å². The lowest BCUT2D eigenvalue weighted by atomic mass is 10.1. The van der Waals surface area contributed by atoms with E-state index in [1.807, 2.05) is 6.92 Å². The maximum Gasteiger partial charge on any atom is 0.322 e. The van der Waals surface area contributed by atoms with E-state index < -0.39 is 0 Å². The molecule has 7 nitrogen and oxygen atoms in total. The van der Waals surface area contributed by atoms with Crippen molar-refractivity contribution in [2.24, 2.45) is 0 Å². The minimum absolute atomic E-state index is 0.0436. The zero-order valence-corrected chi connectivity index (χ0v) is 13.6. The first-order chi connectivity index (χ1) is 11.6. The number of aryl methyl sites for hydroxylation is 2. The average Bonchev–Trinajstić information content (AvgIpc) is 2.91. The molecule has 0 radical (unpaired) electrons. The number of rotatable bonds is 4. The van der Waals surface area contributed by atoms with Crippen molar-refractivity contribution in [1.82, 2.24) is 10.1 Å². The molecule has 1 aromatic carbocycles. The summed E-state index contributed by atoms with van der Waals surface area (Å²) < 4.78 is 10.9. The van der Waals surface area contributed by atoms with Crippen LogP contribution in [-0.2, 0) is 6.42 Å². The van der Waals surface area contributed by atoms with Crippen molar-refractivity contribution < 1.29 is 14.1 Å². The number of benzene rings is 1. The molecule has 0 aliphatic carbocycles. The van der Waals surface area contributed by atoms with Gasteiger partial charge in [-0.2, -0.15) is 5.26 Å². The standard InChI is InChI=1S/C17H18N4O3/c1-3-15-16(11(2)24-20-15)19-17(22)21-9-14(10-21)23-13-6-4-12(8-18)5-7-13/h4-7,14H,3,9-10H2,1-2H3,(H,19,22). The molecule has 3 rings (SSSR count). The quantitative estimate of drug-likeness (QED) is 0.932. The third-order valence-electron chi connectivity index (χ3n) is 3.92. The number of carbonyl (C=O) groups excluding carboxylic acids is 1. The summed E-state index contributed by atoms with van der Waals surface area (Å²) in [5.74, 6) is 1.30. The van der Waals surface area contributed by atoms with Gasteiger partial charge in [-0.25, -0.2) is 4.79 Å². The number of ether oxygens (including phenoxy) is 1.